The van der Waals surface area contributed by atoms with Gasteiger partial charge < -0.3 is 19.7 Å². The van der Waals surface area contributed by atoms with Gasteiger partial charge in [-0.1, -0.05) is 12.1 Å². The Morgan fingerprint density at radius 3 is 2.96 bits per heavy atom. The molecule has 0 atom stereocenters. The molecule has 6 nitrogen and oxygen atoms in total. The number of pyridine rings is 1. The third-order valence-electron chi connectivity index (χ3n) is 4.07. The first-order valence-corrected chi connectivity index (χ1v) is 8.22. The maximum Gasteiger partial charge on any atom is 0.318 e. The number of urea groups is 1. The highest BCUT2D eigenvalue weighted by Gasteiger charge is 2.35. The van der Waals surface area contributed by atoms with Crippen molar-refractivity contribution in [1.29, 1.82) is 0 Å². The molecule has 9 heteroatoms. The van der Waals surface area contributed by atoms with E-state index in [2.05, 4.69) is 10.3 Å². The topological polar surface area (TPSA) is 63.7 Å². The number of rotatable bonds is 4. The number of carbonyl (C=O) groups excluding carboxylic acids is 1. The monoisotopic (exact) mass is 381 g/mol. The van der Waals surface area contributed by atoms with Gasteiger partial charge in [0.05, 0.1) is 26.7 Å². The number of alkyl halides is 2. The van der Waals surface area contributed by atoms with Crippen molar-refractivity contribution < 1.29 is 27.4 Å². The van der Waals surface area contributed by atoms with Crippen molar-refractivity contribution >= 4 is 6.03 Å². The normalized spacial score (nSPS) is 14.0. The summed E-state index contributed by atoms with van der Waals surface area (Å²) in [6.07, 6.45) is 0. The molecule has 27 heavy (non-hydrogen) atoms. The number of nitrogens with one attached hydrogen (secondary N) is 1. The Morgan fingerprint density at radius 1 is 1.37 bits per heavy atom. The molecule has 2 aromatic rings. The molecule has 0 unspecified atom stereocenters. The van der Waals surface area contributed by atoms with E-state index in [1.807, 2.05) is 0 Å². The van der Waals surface area contributed by atoms with Crippen molar-refractivity contribution in [3.63, 3.8) is 0 Å². The van der Waals surface area contributed by atoms with Crippen LogP contribution in [0.1, 0.15) is 11.3 Å². The number of fused-ring (bicyclic) bond motifs is 1. The van der Waals surface area contributed by atoms with Gasteiger partial charge in [0.15, 0.2) is 0 Å². The largest absolute Gasteiger partial charge is 0.491 e. The van der Waals surface area contributed by atoms with E-state index in [1.54, 1.807) is 0 Å². The van der Waals surface area contributed by atoms with Gasteiger partial charge in [0, 0.05) is 17.7 Å². The number of amides is 2. The molecule has 0 saturated carbocycles. The smallest absolute Gasteiger partial charge is 0.318 e. The van der Waals surface area contributed by atoms with E-state index in [1.165, 1.54) is 48.4 Å². The number of ether oxygens (including phenoxy) is 2. The molecule has 0 radical (unpaired) electrons. The van der Waals surface area contributed by atoms with Gasteiger partial charge in [-0.2, -0.15) is 8.78 Å². The molecule has 144 valence electrons. The molecule has 0 aliphatic carbocycles. The van der Waals surface area contributed by atoms with Gasteiger partial charge in [0.25, 0.3) is 0 Å². The Hall–Kier alpha value is -2.97. The molecule has 2 heterocycles. The van der Waals surface area contributed by atoms with Crippen molar-refractivity contribution in [2.45, 2.75) is 12.5 Å². The van der Waals surface area contributed by atoms with E-state index in [0.717, 1.165) is 0 Å². The minimum absolute atomic E-state index is 0.0620. The van der Waals surface area contributed by atoms with Crippen molar-refractivity contribution in [2.24, 2.45) is 0 Å². The van der Waals surface area contributed by atoms with Gasteiger partial charge >= 0.3 is 12.0 Å². The Balaban J connectivity index is 1.65. The molecular formula is C18H18F3N3O3. The summed E-state index contributed by atoms with van der Waals surface area (Å²) in [6.45, 7) is -0.465. The van der Waals surface area contributed by atoms with Crippen molar-refractivity contribution in [1.82, 2.24) is 15.2 Å². The van der Waals surface area contributed by atoms with Gasteiger partial charge in [-0.15, -0.1) is 0 Å². The number of nitrogens with zero attached hydrogens (tertiary/aromatic N) is 2. The van der Waals surface area contributed by atoms with Crippen LogP contribution in [0.15, 0.2) is 36.4 Å². The van der Waals surface area contributed by atoms with Gasteiger partial charge in [-0.05, 0) is 12.1 Å². The Labute approximate surface area is 153 Å². The number of halogens is 3. The molecule has 1 aliphatic rings. The van der Waals surface area contributed by atoms with E-state index in [4.69, 9.17) is 9.47 Å². The number of aromatic nitrogens is 1. The lowest BCUT2D eigenvalue weighted by atomic mass is 10.2. The summed E-state index contributed by atoms with van der Waals surface area (Å²) in [5, 5.41) is 2.23. The minimum atomic E-state index is -3.37. The lowest BCUT2D eigenvalue weighted by molar-refractivity contribution is -0.00651. The van der Waals surface area contributed by atoms with Crippen molar-refractivity contribution in [3.8, 4) is 11.6 Å². The number of carbonyl (C=O) groups is 1. The summed E-state index contributed by atoms with van der Waals surface area (Å²) in [5.74, 6) is -3.41. The number of hydrogen-bond donors (Lipinski definition) is 1. The van der Waals surface area contributed by atoms with Crippen LogP contribution in [0.4, 0.5) is 18.0 Å². The average Bonchev–Trinajstić information content (AvgIpc) is 2.88. The highest BCUT2D eigenvalue weighted by Crippen LogP contribution is 2.27. The highest BCUT2D eigenvalue weighted by molar-refractivity contribution is 5.74. The summed E-state index contributed by atoms with van der Waals surface area (Å²) in [4.78, 5) is 17.4. The Bertz CT molecular complexity index is 832. The summed E-state index contributed by atoms with van der Waals surface area (Å²) in [7, 11) is 1.33. The van der Waals surface area contributed by atoms with E-state index in [0.29, 0.717) is 11.3 Å². The van der Waals surface area contributed by atoms with Crippen LogP contribution in [0.5, 0.6) is 11.6 Å². The van der Waals surface area contributed by atoms with Crippen LogP contribution in [0.25, 0.3) is 0 Å². The minimum Gasteiger partial charge on any atom is -0.491 e. The Morgan fingerprint density at radius 2 is 2.19 bits per heavy atom. The van der Waals surface area contributed by atoms with Crippen LogP contribution >= 0.6 is 0 Å². The third kappa shape index (κ3) is 4.42. The fourth-order valence-corrected chi connectivity index (χ4v) is 2.64. The molecule has 0 spiro atoms. The van der Waals surface area contributed by atoms with Crippen LogP contribution in [0, 0.1) is 5.82 Å². The van der Waals surface area contributed by atoms with Crippen LogP contribution < -0.4 is 14.8 Å². The maximum absolute atomic E-state index is 14.3. The van der Waals surface area contributed by atoms with Gasteiger partial charge in [0.1, 0.15) is 23.9 Å². The summed E-state index contributed by atoms with van der Waals surface area (Å²) in [6, 6.07) is 7.35. The molecule has 0 bridgehead atoms. The molecule has 2 amide bonds. The summed E-state index contributed by atoms with van der Waals surface area (Å²) >= 11 is 0. The maximum atomic E-state index is 14.3. The zero-order chi connectivity index (χ0) is 19.4. The van der Waals surface area contributed by atoms with E-state index in [9.17, 15) is 18.0 Å². The summed E-state index contributed by atoms with van der Waals surface area (Å²) in [5.41, 5.74) is 0.104. The predicted octanol–water partition coefficient (Wildman–Crippen LogP) is 2.93. The molecule has 1 aliphatic heterocycles. The second-order valence-corrected chi connectivity index (χ2v) is 5.95. The SMILES string of the molecule is COc1cccc(C(F)(F)CNC(=O)N2CCOc3cc(F)ccc3C2)n1. The molecule has 0 fully saturated rings. The zero-order valence-corrected chi connectivity index (χ0v) is 14.5. The first-order chi connectivity index (χ1) is 12.9. The second-order valence-electron chi connectivity index (χ2n) is 5.95. The molecule has 1 aromatic heterocycles. The predicted molar refractivity (Wildman–Crippen MR) is 90.4 cm³/mol. The van der Waals surface area contributed by atoms with Gasteiger partial charge in [-0.25, -0.2) is 14.2 Å². The second kappa shape index (κ2) is 7.73. The lowest BCUT2D eigenvalue weighted by Crippen LogP contribution is -2.44. The molecular weight excluding hydrogens is 363 g/mol. The van der Waals surface area contributed by atoms with E-state index < -0.39 is 30.0 Å². The Kier molecular flexibility index (Phi) is 5.38. The molecule has 0 saturated heterocycles. The standard InChI is InChI=1S/C18H18F3N3O3/c1-26-16-4-2-3-15(23-16)18(20,21)11-22-17(25)24-7-8-27-14-9-13(19)6-5-12(14)10-24/h2-6,9H,7-8,10-11H2,1H3,(H,22,25). The van der Waals surface area contributed by atoms with Crippen LogP contribution in [-0.2, 0) is 12.5 Å². The molecule has 1 N–H and O–H groups in total. The average molecular weight is 381 g/mol. The van der Waals surface area contributed by atoms with Crippen LogP contribution in [0.2, 0.25) is 0 Å². The van der Waals surface area contributed by atoms with Gasteiger partial charge in [-0.3, -0.25) is 0 Å². The van der Waals surface area contributed by atoms with Gasteiger partial charge in [0.2, 0.25) is 5.88 Å². The zero-order valence-electron chi connectivity index (χ0n) is 14.5. The molecule has 3 rings (SSSR count). The van der Waals surface area contributed by atoms with Crippen LogP contribution in [-0.4, -0.2) is 42.7 Å². The first kappa shape index (κ1) is 18.8. The van der Waals surface area contributed by atoms with E-state index in [-0.39, 0.29) is 25.6 Å². The molecule has 1 aromatic carbocycles. The number of benzene rings is 1. The van der Waals surface area contributed by atoms with E-state index >= 15 is 0 Å². The fourth-order valence-electron chi connectivity index (χ4n) is 2.64. The van der Waals surface area contributed by atoms with Crippen LogP contribution in [0.3, 0.4) is 0 Å². The van der Waals surface area contributed by atoms with Crippen molar-refractivity contribution in [3.05, 3.63) is 53.5 Å². The first-order valence-electron chi connectivity index (χ1n) is 8.22. The fraction of sp³-hybridized carbons (Fsp3) is 0.333. The number of methoxy groups -OCH3 is 1. The lowest BCUT2D eigenvalue weighted by Gasteiger charge is -2.23. The number of hydrogen-bond acceptors (Lipinski definition) is 4. The highest BCUT2D eigenvalue weighted by atomic mass is 19.3. The quantitative estimate of drug-likeness (QED) is 0.885. The van der Waals surface area contributed by atoms with Crippen molar-refractivity contribution in [2.75, 3.05) is 26.8 Å². The summed E-state index contributed by atoms with van der Waals surface area (Å²) < 4.78 is 52.2. The third-order valence-corrected chi connectivity index (χ3v) is 4.07.